The molecule has 2 aromatic carbocycles. The van der Waals surface area contributed by atoms with Crippen LogP contribution in [0.4, 0.5) is 10.1 Å². The van der Waals surface area contributed by atoms with E-state index in [1.165, 1.54) is 43.6 Å². The van der Waals surface area contributed by atoms with Gasteiger partial charge in [0.2, 0.25) is 0 Å². The van der Waals surface area contributed by atoms with Gasteiger partial charge in [-0.05, 0) is 43.3 Å². The molecule has 3 aromatic rings. The van der Waals surface area contributed by atoms with Gasteiger partial charge in [-0.2, -0.15) is 0 Å². The van der Waals surface area contributed by atoms with Gasteiger partial charge < -0.3 is 14.5 Å². The minimum Gasteiger partial charge on any atom is -0.449 e. The van der Waals surface area contributed by atoms with Crippen molar-refractivity contribution in [1.29, 1.82) is 0 Å². The zero-order chi connectivity index (χ0) is 17.1. The van der Waals surface area contributed by atoms with Crippen molar-refractivity contribution in [2.45, 2.75) is 13.0 Å². The largest absolute Gasteiger partial charge is 0.449 e. The van der Waals surface area contributed by atoms with Crippen LogP contribution in [0.1, 0.15) is 17.3 Å². The normalized spacial score (nSPS) is 11.9. The van der Waals surface area contributed by atoms with E-state index in [1.807, 2.05) is 0 Å². The van der Waals surface area contributed by atoms with Gasteiger partial charge in [0.25, 0.3) is 5.91 Å². The van der Waals surface area contributed by atoms with Gasteiger partial charge in [-0.1, -0.05) is 6.07 Å². The maximum absolute atomic E-state index is 12.8. The highest BCUT2D eigenvalue weighted by Crippen LogP contribution is 2.18. The SMILES string of the molecule is CC(OC(=O)c1cccc2ocnc12)C(=O)Nc1ccc(F)cc1. The quantitative estimate of drug-likeness (QED) is 0.744. The number of fused-ring (bicyclic) bond motifs is 1. The van der Waals surface area contributed by atoms with Crippen LogP contribution < -0.4 is 5.32 Å². The Hall–Kier alpha value is -3.22. The number of carbonyl (C=O) groups excluding carboxylic acids is 2. The lowest BCUT2D eigenvalue weighted by Crippen LogP contribution is -2.30. The second kappa shape index (κ2) is 6.49. The monoisotopic (exact) mass is 328 g/mol. The number of hydrogen-bond acceptors (Lipinski definition) is 5. The minimum absolute atomic E-state index is 0.211. The van der Waals surface area contributed by atoms with Crippen molar-refractivity contribution < 1.29 is 23.1 Å². The van der Waals surface area contributed by atoms with E-state index >= 15 is 0 Å². The number of nitrogens with zero attached hydrogens (tertiary/aromatic N) is 1. The summed E-state index contributed by atoms with van der Waals surface area (Å²) in [4.78, 5) is 28.3. The fourth-order valence-corrected chi connectivity index (χ4v) is 2.11. The van der Waals surface area contributed by atoms with Gasteiger partial charge in [0.05, 0.1) is 5.56 Å². The number of hydrogen-bond donors (Lipinski definition) is 1. The van der Waals surface area contributed by atoms with E-state index in [0.717, 1.165) is 0 Å². The van der Waals surface area contributed by atoms with Gasteiger partial charge >= 0.3 is 5.97 Å². The van der Waals surface area contributed by atoms with E-state index in [9.17, 15) is 14.0 Å². The van der Waals surface area contributed by atoms with E-state index in [4.69, 9.17) is 9.15 Å². The molecule has 7 heteroatoms. The van der Waals surface area contributed by atoms with Crippen molar-refractivity contribution in [2.24, 2.45) is 0 Å². The number of nitrogens with one attached hydrogen (secondary N) is 1. The molecule has 3 rings (SSSR count). The first-order valence-electron chi connectivity index (χ1n) is 7.14. The molecular weight excluding hydrogens is 315 g/mol. The van der Waals surface area contributed by atoms with Crippen LogP contribution in [0, 0.1) is 5.82 Å². The van der Waals surface area contributed by atoms with Gasteiger partial charge in [0.15, 0.2) is 18.1 Å². The van der Waals surface area contributed by atoms with Gasteiger partial charge in [-0.15, -0.1) is 0 Å². The average Bonchev–Trinajstić information content (AvgIpc) is 3.05. The third kappa shape index (κ3) is 3.24. The minimum atomic E-state index is -1.04. The Morgan fingerprint density at radius 1 is 1.21 bits per heavy atom. The maximum atomic E-state index is 12.8. The number of aromatic nitrogens is 1. The number of amides is 1. The fraction of sp³-hybridized carbons (Fsp3) is 0.118. The molecule has 6 nitrogen and oxygen atoms in total. The molecule has 1 aromatic heterocycles. The number of oxazole rings is 1. The Balaban J connectivity index is 1.68. The van der Waals surface area contributed by atoms with Crippen LogP contribution in [0.15, 0.2) is 53.3 Å². The zero-order valence-electron chi connectivity index (χ0n) is 12.7. The number of benzene rings is 2. The fourth-order valence-electron chi connectivity index (χ4n) is 2.11. The second-order valence-electron chi connectivity index (χ2n) is 5.05. The van der Waals surface area contributed by atoms with Gasteiger partial charge in [0, 0.05) is 5.69 Å². The van der Waals surface area contributed by atoms with E-state index in [1.54, 1.807) is 12.1 Å². The molecule has 0 aliphatic rings. The van der Waals surface area contributed by atoms with E-state index in [-0.39, 0.29) is 5.56 Å². The summed E-state index contributed by atoms with van der Waals surface area (Å²) < 4.78 is 23.1. The summed E-state index contributed by atoms with van der Waals surface area (Å²) in [7, 11) is 0. The topological polar surface area (TPSA) is 81.4 Å². The molecule has 1 atom stereocenters. The molecular formula is C17H13FN2O4. The molecule has 1 amide bonds. The Morgan fingerprint density at radius 3 is 2.71 bits per heavy atom. The molecule has 122 valence electrons. The maximum Gasteiger partial charge on any atom is 0.341 e. The van der Waals surface area contributed by atoms with E-state index in [0.29, 0.717) is 16.8 Å². The predicted molar refractivity (Wildman–Crippen MR) is 83.9 cm³/mol. The van der Waals surface area contributed by atoms with E-state index < -0.39 is 23.8 Å². The molecule has 1 N–H and O–H groups in total. The first kappa shape index (κ1) is 15.7. The number of halogens is 1. The molecule has 0 spiro atoms. The second-order valence-corrected chi connectivity index (χ2v) is 5.05. The lowest BCUT2D eigenvalue weighted by Gasteiger charge is -2.13. The standard InChI is InChI=1S/C17H13FN2O4/c1-10(16(21)20-12-7-5-11(18)6-8-12)24-17(22)13-3-2-4-14-15(13)19-9-23-14/h2-10H,1H3,(H,20,21). The molecule has 0 bridgehead atoms. The number of esters is 1. The molecule has 1 heterocycles. The van der Waals surface area contributed by atoms with Gasteiger partial charge in [0.1, 0.15) is 11.3 Å². The first-order valence-corrected chi connectivity index (χ1v) is 7.14. The third-order valence-electron chi connectivity index (χ3n) is 3.35. The highest BCUT2D eigenvalue weighted by atomic mass is 19.1. The molecule has 0 saturated carbocycles. The Kier molecular flexibility index (Phi) is 4.24. The lowest BCUT2D eigenvalue weighted by molar-refractivity contribution is -0.123. The summed E-state index contributed by atoms with van der Waals surface area (Å²) in [6, 6.07) is 10.1. The number of para-hydroxylation sites is 1. The zero-order valence-corrected chi connectivity index (χ0v) is 12.7. The molecule has 0 aliphatic heterocycles. The molecule has 0 aliphatic carbocycles. The summed E-state index contributed by atoms with van der Waals surface area (Å²) in [5.41, 5.74) is 1.44. The summed E-state index contributed by atoms with van der Waals surface area (Å²) in [6.07, 6.45) is 0.191. The molecule has 0 fully saturated rings. The average molecular weight is 328 g/mol. The lowest BCUT2D eigenvalue weighted by atomic mass is 10.2. The summed E-state index contributed by atoms with van der Waals surface area (Å²) in [5, 5.41) is 2.54. The smallest absolute Gasteiger partial charge is 0.341 e. The highest BCUT2D eigenvalue weighted by molar-refractivity contribution is 6.03. The van der Waals surface area contributed by atoms with Crippen LogP contribution in [0.2, 0.25) is 0 Å². The van der Waals surface area contributed by atoms with Gasteiger partial charge in [-0.3, -0.25) is 4.79 Å². The number of rotatable bonds is 4. The van der Waals surface area contributed by atoms with Crippen molar-refractivity contribution >= 4 is 28.7 Å². The van der Waals surface area contributed by atoms with E-state index in [2.05, 4.69) is 10.3 Å². The Labute approximate surface area is 136 Å². The van der Waals surface area contributed by atoms with Crippen molar-refractivity contribution in [3.05, 3.63) is 60.2 Å². The van der Waals surface area contributed by atoms with Crippen LogP contribution in [-0.4, -0.2) is 23.0 Å². The first-order chi connectivity index (χ1) is 11.5. The summed E-state index contributed by atoms with van der Waals surface area (Å²) in [6.45, 7) is 1.44. The van der Waals surface area contributed by atoms with Crippen molar-refractivity contribution in [3.8, 4) is 0 Å². The van der Waals surface area contributed by atoms with Crippen molar-refractivity contribution in [1.82, 2.24) is 4.98 Å². The molecule has 0 radical (unpaired) electrons. The number of carbonyl (C=O) groups is 2. The van der Waals surface area contributed by atoms with Crippen LogP contribution in [0.3, 0.4) is 0 Å². The number of anilines is 1. The summed E-state index contributed by atoms with van der Waals surface area (Å²) >= 11 is 0. The van der Waals surface area contributed by atoms with Gasteiger partial charge in [-0.25, -0.2) is 14.2 Å². The predicted octanol–water partition coefficient (Wildman–Crippen LogP) is 3.15. The van der Waals surface area contributed by atoms with Crippen molar-refractivity contribution in [3.63, 3.8) is 0 Å². The van der Waals surface area contributed by atoms with Crippen LogP contribution in [-0.2, 0) is 9.53 Å². The Bertz CT molecular complexity index is 889. The van der Waals surface area contributed by atoms with Crippen LogP contribution in [0.5, 0.6) is 0 Å². The van der Waals surface area contributed by atoms with Crippen LogP contribution in [0.25, 0.3) is 11.1 Å². The van der Waals surface area contributed by atoms with Crippen molar-refractivity contribution in [2.75, 3.05) is 5.32 Å². The molecule has 1 unspecified atom stereocenters. The molecule has 0 saturated heterocycles. The summed E-state index contributed by atoms with van der Waals surface area (Å²) in [5.74, 6) is -1.62. The third-order valence-corrected chi connectivity index (χ3v) is 3.35. The number of ether oxygens (including phenoxy) is 1. The van der Waals surface area contributed by atoms with Crippen LogP contribution >= 0.6 is 0 Å². The molecule has 24 heavy (non-hydrogen) atoms. The highest BCUT2D eigenvalue weighted by Gasteiger charge is 2.21. The Morgan fingerprint density at radius 2 is 1.96 bits per heavy atom.